The molecule has 2 aromatic carbocycles. The number of hydrogen-bond donors (Lipinski definition) is 3. The Labute approximate surface area is 137 Å². The molecule has 3 aromatic rings. The predicted octanol–water partition coefficient (Wildman–Crippen LogP) is 2.07. The molecule has 0 bridgehead atoms. The van der Waals surface area contributed by atoms with E-state index < -0.39 is 0 Å². The van der Waals surface area contributed by atoms with E-state index in [0.29, 0.717) is 17.1 Å². The van der Waals surface area contributed by atoms with Crippen LogP contribution in [0.5, 0.6) is 5.75 Å². The molecule has 0 saturated heterocycles. The summed E-state index contributed by atoms with van der Waals surface area (Å²) in [6.07, 6.45) is 0.181. The van der Waals surface area contributed by atoms with Gasteiger partial charge in [0, 0.05) is 11.1 Å². The van der Waals surface area contributed by atoms with Crippen molar-refractivity contribution in [1.82, 2.24) is 10.2 Å². The Morgan fingerprint density at radius 1 is 1.25 bits per heavy atom. The van der Waals surface area contributed by atoms with Gasteiger partial charge in [0.05, 0.1) is 23.3 Å². The molecule has 0 spiro atoms. The fraction of sp³-hybridized carbons (Fsp3) is 0.118. The van der Waals surface area contributed by atoms with E-state index in [-0.39, 0.29) is 24.8 Å². The van der Waals surface area contributed by atoms with Crippen molar-refractivity contribution in [1.29, 1.82) is 0 Å². The van der Waals surface area contributed by atoms with E-state index in [0.717, 1.165) is 16.6 Å². The third-order valence-corrected chi connectivity index (χ3v) is 3.77. The molecule has 0 radical (unpaired) electrons. The van der Waals surface area contributed by atoms with Crippen LogP contribution in [0.25, 0.3) is 10.9 Å². The Kier molecular flexibility index (Phi) is 3.38. The van der Waals surface area contributed by atoms with Gasteiger partial charge in [0.15, 0.2) is 6.61 Å². The van der Waals surface area contributed by atoms with Gasteiger partial charge in [-0.3, -0.25) is 14.7 Å². The maximum Gasteiger partial charge on any atom is 0.262 e. The fourth-order valence-electron chi connectivity index (χ4n) is 2.68. The van der Waals surface area contributed by atoms with Crippen molar-refractivity contribution in [2.75, 3.05) is 17.2 Å². The highest BCUT2D eigenvalue weighted by molar-refractivity contribution is 5.98. The smallest absolute Gasteiger partial charge is 0.262 e. The number of carbonyl (C=O) groups is 2. The van der Waals surface area contributed by atoms with E-state index in [4.69, 9.17) is 4.74 Å². The molecule has 2 amide bonds. The van der Waals surface area contributed by atoms with E-state index in [2.05, 4.69) is 20.8 Å². The molecule has 1 aliphatic heterocycles. The molecule has 120 valence electrons. The van der Waals surface area contributed by atoms with Crippen molar-refractivity contribution in [3.8, 4) is 5.75 Å². The van der Waals surface area contributed by atoms with Crippen LogP contribution in [-0.4, -0.2) is 28.6 Å². The molecule has 7 nitrogen and oxygen atoms in total. The monoisotopic (exact) mass is 322 g/mol. The van der Waals surface area contributed by atoms with Gasteiger partial charge in [-0.1, -0.05) is 18.2 Å². The highest BCUT2D eigenvalue weighted by atomic mass is 16.5. The van der Waals surface area contributed by atoms with E-state index in [1.165, 1.54) is 0 Å². The highest BCUT2D eigenvalue weighted by Gasteiger charge is 2.17. The van der Waals surface area contributed by atoms with E-state index >= 15 is 0 Å². The second kappa shape index (κ2) is 5.69. The maximum atomic E-state index is 12.3. The zero-order valence-corrected chi connectivity index (χ0v) is 12.6. The normalized spacial score (nSPS) is 13.1. The molecule has 1 aliphatic rings. The summed E-state index contributed by atoms with van der Waals surface area (Å²) in [4.78, 5) is 23.6. The quantitative estimate of drug-likeness (QED) is 0.688. The summed E-state index contributed by atoms with van der Waals surface area (Å²) in [6, 6.07) is 12.7. The van der Waals surface area contributed by atoms with Gasteiger partial charge in [0.25, 0.3) is 5.91 Å². The standard InChI is InChI=1S/C17H14N4O3/c22-16(8-13-11-3-1-2-4-12(11)20-21-13)18-10-5-6-15-14(7-10)19-17(23)9-24-15/h1-7H,8-9H2,(H,18,22)(H,19,23)(H,20,21). The second-order valence-corrected chi connectivity index (χ2v) is 5.49. The molecule has 0 saturated carbocycles. The molecule has 7 heteroatoms. The zero-order chi connectivity index (χ0) is 16.5. The number of fused-ring (bicyclic) bond motifs is 2. The van der Waals surface area contributed by atoms with Crippen LogP contribution in [0.3, 0.4) is 0 Å². The number of rotatable bonds is 3. The number of H-pyrrole nitrogens is 1. The first-order valence-corrected chi connectivity index (χ1v) is 7.47. The van der Waals surface area contributed by atoms with Crippen LogP contribution in [0.4, 0.5) is 11.4 Å². The van der Waals surface area contributed by atoms with Gasteiger partial charge in [-0.05, 0) is 24.3 Å². The molecule has 0 atom stereocenters. The van der Waals surface area contributed by atoms with Gasteiger partial charge in [-0.25, -0.2) is 0 Å². The van der Waals surface area contributed by atoms with Crippen LogP contribution in [-0.2, 0) is 16.0 Å². The van der Waals surface area contributed by atoms with Crippen LogP contribution < -0.4 is 15.4 Å². The number of ether oxygens (including phenoxy) is 1. The van der Waals surface area contributed by atoms with E-state index in [9.17, 15) is 9.59 Å². The van der Waals surface area contributed by atoms with Crippen LogP contribution >= 0.6 is 0 Å². The summed E-state index contributed by atoms with van der Waals surface area (Å²) in [7, 11) is 0. The first kappa shape index (κ1) is 14.3. The number of nitrogens with one attached hydrogen (secondary N) is 3. The summed E-state index contributed by atoms with van der Waals surface area (Å²) in [6.45, 7) is 0.00556. The number of benzene rings is 2. The first-order chi connectivity index (χ1) is 11.7. The summed E-state index contributed by atoms with van der Waals surface area (Å²) < 4.78 is 5.29. The molecule has 4 rings (SSSR count). The van der Waals surface area contributed by atoms with E-state index in [1.807, 2.05) is 24.3 Å². The van der Waals surface area contributed by atoms with Gasteiger partial charge in [0.2, 0.25) is 5.91 Å². The lowest BCUT2D eigenvalue weighted by molar-refractivity contribution is -0.118. The largest absolute Gasteiger partial charge is 0.482 e. The van der Waals surface area contributed by atoms with Gasteiger partial charge in [-0.15, -0.1) is 0 Å². The number of hydrogen-bond acceptors (Lipinski definition) is 4. The van der Waals surface area contributed by atoms with Crippen molar-refractivity contribution in [2.24, 2.45) is 0 Å². The van der Waals surface area contributed by atoms with Crippen molar-refractivity contribution >= 4 is 34.1 Å². The number of aromatic nitrogens is 2. The molecule has 0 aliphatic carbocycles. The fourth-order valence-corrected chi connectivity index (χ4v) is 2.68. The number of nitrogens with zero attached hydrogens (tertiary/aromatic N) is 1. The number of amides is 2. The Morgan fingerprint density at radius 3 is 3.04 bits per heavy atom. The zero-order valence-electron chi connectivity index (χ0n) is 12.6. The first-order valence-electron chi connectivity index (χ1n) is 7.47. The number of para-hydroxylation sites is 1. The third-order valence-electron chi connectivity index (χ3n) is 3.77. The maximum absolute atomic E-state index is 12.3. The summed E-state index contributed by atoms with van der Waals surface area (Å²) in [5.74, 6) is 0.203. The summed E-state index contributed by atoms with van der Waals surface area (Å²) in [5, 5.41) is 13.5. The number of anilines is 2. The van der Waals surface area contributed by atoms with Gasteiger partial charge in [-0.2, -0.15) is 5.10 Å². The predicted molar refractivity (Wildman–Crippen MR) is 89.0 cm³/mol. The Balaban J connectivity index is 1.50. The highest BCUT2D eigenvalue weighted by Crippen LogP contribution is 2.30. The van der Waals surface area contributed by atoms with Gasteiger partial charge in [0.1, 0.15) is 5.75 Å². The molecular weight excluding hydrogens is 308 g/mol. The Bertz CT molecular complexity index is 948. The molecule has 2 heterocycles. The minimum Gasteiger partial charge on any atom is -0.482 e. The van der Waals surface area contributed by atoms with Crippen LogP contribution in [0.2, 0.25) is 0 Å². The molecular formula is C17H14N4O3. The Hall–Kier alpha value is -3.35. The van der Waals surface area contributed by atoms with Crippen LogP contribution in [0.1, 0.15) is 5.69 Å². The number of aromatic amines is 1. The summed E-state index contributed by atoms with van der Waals surface area (Å²) >= 11 is 0. The SMILES string of the molecule is O=C(Cc1[nH]nc2ccccc12)Nc1ccc2c(c1)NC(=O)CO2. The van der Waals surface area contributed by atoms with Crippen molar-refractivity contribution in [2.45, 2.75) is 6.42 Å². The van der Waals surface area contributed by atoms with Gasteiger partial charge < -0.3 is 15.4 Å². The summed E-state index contributed by atoms with van der Waals surface area (Å²) in [5.41, 5.74) is 2.73. The third kappa shape index (κ3) is 2.67. The molecule has 3 N–H and O–H groups in total. The van der Waals surface area contributed by atoms with E-state index in [1.54, 1.807) is 18.2 Å². The lowest BCUT2D eigenvalue weighted by Gasteiger charge is -2.18. The van der Waals surface area contributed by atoms with Crippen LogP contribution in [0.15, 0.2) is 42.5 Å². The van der Waals surface area contributed by atoms with Crippen molar-refractivity contribution in [3.63, 3.8) is 0 Å². The minimum absolute atomic E-state index is 0.00556. The lowest BCUT2D eigenvalue weighted by atomic mass is 10.1. The molecule has 0 fully saturated rings. The minimum atomic E-state index is -0.213. The van der Waals surface area contributed by atoms with Crippen molar-refractivity contribution in [3.05, 3.63) is 48.2 Å². The average Bonchev–Trinajstić information content (AvgIpc) is 2.97. The molecule has 24 heavy (non-hydrogen) atoms. The topological polar surface area (TPSA) is 96.1 Å². The van der Waals surface area contributed by atoms with Crippen molar-refractivity contribution < 1.29 is 14.3 Å². The second-order valence-electron chi connectivity index (χ2n) is 5.49. The van der Waals surface area contributed by atoms with Gasteiger partial charge >= 0.3 is 0 Å². The van der Waals surface area contributed by atoms with Crippen LogP contribution in [0, 0.1) is 0 Å². The molecule has 0 unspecified atom stereocenters. The Morgan fingerprint density at radius 2 is 2.12 bits per heavy atom. The number of carbonyl (C=O) groups excluding carboxylic acids is 2. The lowest BCUT2D eigenvalue weighted by Crippen LogP contribution is -2.25. The average molecular weight is 322 g/mol. The molecule has 1 aromatic heterocycles.